The highest BCUT2D eigenvalue weighted by Crippen LogP contribution is 2.39. The number of hydrogen-bond donors (Lipinski definition) is 0. The van der Waals surface area contributed by atoms with Gasteiger partial charge in [0, 0.05) is 20.5 Å². The zero-order valence-electron chi connectivity index (χ0n) is 14.1. The van der Waals surface area contributed by atoms with Crippen molar-refractivity contribution in [3.8, 4) is 0 Å². The van der Waals surface area contributed by atoms with Crippen LogP contribution in [0, 0.1) is 6.92 Å². The lowest BCUT2D eigenvalue weighted by atomic mass is 9.98. The van der Waals surface area contributed by atoms with Gasteiger partial charge in [0.05, 0.1) is 0 Å². The summed E-state index contributed by atoms with van der Waals surface area (Å²) in [6.45, 7) is 8.63. The smallest absolute Gasteiger partial charge is 0.0362 e. The molecule has 1 aromatic heterocycles. The van der Waals surface area contributed by atoms with E-state index < -0.39 is 0 Å². The summed E-state index contributed by atoms with van der Waals surface area (Å²) in [5.41, 5.74) is 4.95. The molecular formula is C23H20S. The van der Waals surface area contributed by atoms with Crippen LogP contribution in [-0.2, 0) is 0 Å². The number of fused-ring (bicyclic) bond motifs is 4. The first-order valence-electron chi connectivity index (χ1n) is 8.29. The highest BCUT2D eigenvalue weighted by molar-refractivity contribution is 7.20. The molecule has 0 radical (unpaired) electrons. The van der Waals surface area contributed by atoms with Crippen molar-refractivity contribution in [2.24, 2.45) is 0 Å². The zero-order valence-corrected chi connectivity index (χ0v) is 14.9. The molecule has 118 valence electrons. The van der Waals surface area contributed by atoms with Crippen molar-refractivity contribution in [2.45, 2.75) is 20.3 Å². The van der Waals surface area contributed by atoms with Gasteiger partial charge in [-0.1, -0.05) is 60.2 Å². The second kappa shape index (κ2) is 5.92. The third-order valence-corrected chi connectivity index (χ3v) is 5.66. The molecule has 0 unspecified atom stereocenters. The van der Waals surface area contributed by atoms with E-state index in [1.54, 1.807) is 0 Å². The summed E-state index contributed by atoms with van der Waals surface area (Å²) in [5.74, 6) is 0. The molecule has 24 heavy (non-hydrogen) atoms. The van der Waals surface area contributed by atoms with Crippen molar-refractivity contribution >= 4 is 43.8 Å². The Bertz CT molecular complexity index is 1050. The van der Waals surface area contributed by atoms with E-state index in [4.69, 9.17) is 0 Å². The average molecular weight is 328 g/mol. The zero-order chi connectivity index (χ0) is 16.7. The summed E-state index contributed by atoms with van der Waals surface area (Å²) in [6, 6.07) is 11.3. The second-order valence-electron chi connectivity index (χ2n) is 6.49. The molecule has 0 bridgehead atoms. The van der Waals surface area contributed by atoms with Crippen molar-refractivity contribution in [2.75, 3.05) is 0 Å². The van der Waals surface area contributed by atoms with Crippen LogP contribution in [0.25, 0.3) is 32.5 Å². The van der Waals surface area contributed by atoms with Gasteiger partial charge in [-0.2, -0.15) is 0 Å². The number of thiophene rings is 1. The Morgan fingerprint density at radius 3 is 2.71 bits per heavy atom. The van der Waals surface area contributed by atoms with E-state index >= 15 is 0 Å². The van der Waals surface area contributed by atoms with Gasteiger partial charge in [0.15, 0.2) is 0 Å². The Morgan fingerprint density at radius 2 is 1.83 bits per heavy atom. The summed E-state index contributed by atoms with van der Waals surface area (Å²) in [4.78, 5) is 1.31. The fraction of sp³-hybridized carbons (Fsp3) is 0.130. The van der Waals surface area contributed by atoms with Crippen LogP contribution >= 0.6 is 11.3 Å². The molecule has 0 N–H and O–H groups in total. The number of aryl methyl sites for hydroxylation is 1. The lowest BCUT2D eigenvalue weighted by molar-refractivity contribution is 1.34. The summed E-state index contributed by atoms with van der Waals surface area (Å²) in [6.07, 6.45) is 12.0. The van der Waals surface area contributed by atoms with Crippen LogP contribution in [0.1, 0.15) is 29.3 Å². The SMILES string of the molecule is C=C1/C=C\C(C)=C/C/C=C\c2sc3cc4cc(C)ccc4cc3c21. The largest absolute Gasteiger partial charge is 0.135 e. The van der Waals surface area contributed by atoms with Crippen LogP contribution in [0.15, 0.2) is 66.8 Å². The molecule has 1 heteroatoms. The Hall–Kier alpha value is -2.38. The normalized spacial score (nSPS) is 19.8. The van der Waals surface area contributed by atoms with Gasteiger partial charge < -0.3 is 0 Å². The first-order chi connectivity index (χ1) is 11.6. The van der Waals surface area contributed by atoms with Crippen LogP contribution < -0.4 is 0 Å². The maximum Gasteiger partial charge on any atom is 0.0362 e. The van der Waals surface area contributed by atoms with E-state index in [-0.39, 0.29) is 0 Å². The fourth-order valence-corrected chi connectivity index (χ4v) is 4.44. The highest BCUT2D eigenvalue weighted by atomic mass is 32.1. The van der Waals surface area contributed by atoms with Gasteiger partial charge in [0.1, 0.15) is 0 Å². The lowest BCUT2D eigenvalue weighted by Gasteiger charge is -2.05. The standard InChI is InChI=1S/C23H20S/c1-15-6-4-5-7-21-23(17(3)10-8-15)20-13-18-11-9-16(2)12-19(18)14-22(20)24-21/h5-14H,3-4H2,1-2H3/b7-5-,10-8-,15-6-. The minimum absolute atomic E-state index is 0.970. The third-order valence-electron chi connectivity index (χ3n) is 4.54. The van der Waals surface area contributed by atoms with Gasteiger partial charge in [-0.3, -0.25) is 0 Å². The first-order valence-corrected chi connectivity index (χ1v) is 9.11. The van der Waals surface area contributed by atoms with Crippen molar-refractivity contribution < 1.29 is 0 Å². The number of allylic oxidation sites excluding steroid dienone is 6. The van der Waals surface area contributed by atoms with Crippen molar-refractivity contribution in [1.29, 1.82) is 0 Å². The summed E-state index contributed by atoms with van der Waals surface area (Å²) < 4.78 is 1.33. The predicted molar refractivity (Wildman–Crippen MR) is 110 cm³/mol. The van der Waals surface area contributed by atoms with Gasteiger partial charge in [0.2, 0.25) is 0 Å². The topological polar surface area (TPSA) is 0 Å². The van der Waals surface area contributed by atoms with E-state index in [1.165, 1.54) is 42.4 Å². The molecule has 0 aliphatic heterocycles. The Kier molecular flexibility index (Phi) is 3.74. The van der Waals surface area contributed by atoms with Gasteiger partial charge >= 0.3 is 0 Å². The molecule has 0 saturated heterocycles. The minimum Gasteiger partial charge on any atom is -0.135 e. The minimum atomic E-state index is 0.970. The molecular weight excluding hydrogens is 308 g/mol. The van der Waals surface area contributed by atoms with E-state index in [1.807, 2.05) is 11.3 Å². The molecule has 2 aromatic carbocycles. The molecule has 0 spiro atoms. The van der Waals surface area contributed by atoms with Crippen LogP contribution in [0.5, 0.6) is 0 Å². The maximum atomic E-state index is 4.34. The fourth-order valence-electron chi connectivity index (χ4n) is 3.24. The number of hydrogen-bond acceptors (Lipinski definition) is 1. The Balaban J connectivity index is 2.00. The van der Waals surface area contributed by atoms with Gasteiger partial charge in [-0.25, -0.2) is 0 Å². The van der Waals surface area contributed by atoms with Crippen molar-refractivity contribution in [1.82, 2.24) is 0 Å². The van der Waals surface area contributed by atoms with Gasteiger partial charge in [-0.15, -0.1) is 11.3 Å². The molecule has 0 nitrogen and oxygen atoms in total. The molecule has 3 aromatic rings. The molecule has 1 aliphatic carbocycles. The average Bonchev–Trinajstić information content (AvgIpc) is 2.91. The molecule has 0 saturated carbocycles. The van der Waals surface area contributed by atoms with Gasteiger partial charge in [0.25, 0.3) is 0 Å². The third kappa shape index (κ3) is 2.65. The summed E-state index contributed by atoms with van der Waals surface area (Å²) in [5, 5.41) is 3.92. The van der Waals surface area contributed by atoms with Crippen LogP contribution in [0.2, 0.25) is 0 Å². The Labute approximate surface area is 147 Å². The van der Waals surface area contributed by atoms with E-state index in [2.05, 4.69) is 81.1 Å². The molecule has 1 aliphatic rings. The van der Waals surface area contributed by atoms with Gasteiger partial charge in [-0.05, 0) is 54.8 Å². The summed E-state index contributed by atoms with van der Waals surface area (Å²) in [7, 11) is 0. The molecule has 1 heterocycles. The summed E-state index contributed by atoms with van der Waals surface area (Å²) >= 11 is 1.86. The second-order valence-corrected chi connectivity index (χ2v) is 7.57. The lowest BCUT2D eigenvalue weighted by Crippen LogP contribution is -1.83. The highest BCUT2D eigenvalue weighted by Gasteiger charge is 2.13. The first kappa shape index (κ1) is 15.2. The molecule has 4 rings (SSSR count). The van der Waals surface area contributed by atoms with Crippen LogP contribution in [-0.4, -0.2) is 0 Å². The van der Waals surface area contributed by atoms with Crippen LogP contribution in [0.4, 0.5) is 0 Å². The van der Waals surface area contributed by atoms with Crippen molar-refractivity contribution in [3.05, 3.63) is 82.8 Å². The Morgan fingerprint density at radius 1 is 0.958 bits per heavy atom. The number of benzene rings is 2. The van der Waals surface area contributed by atoms with E-state index in [0.29, 0.717) is 0 Å². The van der Waals surface area contributed by atoms with E-state index in [9.17, 15) is 0 Å². The maximum absolute atomic E-state index is 4.34. The number of rotatable bonds is 0. The molecule has 0 amide bonds. The molecule has 0 fully saturated rings. The monoisotopic (exact) mass is 328 g/mol. The van der Waals surface area contributed by atoms with Crippen molar-refractivity contribution in [3.63, 3.8) is 0 Å². The predicted octanol–water partition coefficient (Wildman–Crippen LogP) is 7.30. The van der Waals surface area contributed by atoms with Crippen LogP contribution in [0.3, 0.4) is 0 Å². The van der Waals surface area contributed by atoms with E-state index in [0.717, 1.165) is 12.0 Å². The quantitative estimate of drug-likeness (QED) is 0.406. The molecule has 0 atom stereocenters.